The first-order chi connectivity index (χ1) is 12.1. The van der Waals surface area contributed by atoms with Crippen LogP contribution >= 0.6 is 0 Å². The van der Waals surface area contributed by atoms with Gasteiger partial charge in [-0.2, -0.15) is 4.68 Å². The number of likely N-dealkylation sites (N-methyl/N-ethyl adjacent to an activating group) is 1. The number of rotatable bonds is 3. The first-order valence-corrected chi connectivity index (χ1v) is 8.64. The molecule has 0 saturated carbocycles. The van der Waals surface area contributed by atoms with E-state index >= 15 is 0 Å². The summed E-state index contributed by atoms with van der Waals surface area (Å²) in [4.78, 5) is 16.3. The van der Waals surface area contributed by atoms with Crippen molar-refractivity contribution in [3.63, 3.8) is 0 Å². The van der Waals surface area contributed by atoms with Gasteiger partial charge in [0.25, 0.3) is 0 Å². The zero-order valence-electron chi connectivity index (χ0n) is 14.2. The van der Waals surface area contributed by atoms with Gasteiger partial charge >= 0.3 is 5.97 Å². The van der Waals surface area contributed by atoms with Gasteiger partial charge in [0.05, 0.1) is 11.1 Å². The van der Waals surface area contributed by atoms with Gasteiger partial charge in [-0.25, -0.2) is 0 Å². The Hall–Kier alpha value is -2.48. The van der Waals surface area contributed by atoms with Crippen molar-refractivity contribution in [2.24, 2.45) is 5.41 Å². The number of aliphatic carboxylic acids is 1. The zero-order chi connectivity index (χ0) is 17.4. The molecule has 2 aromatic rings. The fourth-order valence-corrected chi connectivity index (χ4v) is 4.28. The number of fused-ring (bicyclic) bond motifs is 1. The fraction of sp³-hybridized carbons (Fsp3) is 0.529. The van der Waals surface area contributed by atoms with Crippen LogP contribution in [0.4, 0.5) is 5.95 Å². The number of hydrogen-bond donors (Lipinski definition) is 1. The monoisotopic (exact) mass is 342 g/mol. The first-order valence-electron chi connectivity index (χ1n) is 8.64. The number of carboxylic acids is 1. The molecule has 0 unspecified atom stereocenters. The molecule has 8 nitrogen and oxygen atoms in total. The number of para-hydroxylation sites is 1. The molecule has 1 N–H and O–H groups in total. The van der Waals surface area contributed by atoms with Crippen LogP contribution in [0.5, 0.6) is 0 Å². The molecule has 8 heteroatoms. The van der Waals surface area contributed by atoms with Crippen molar-refractivity contribution < 1.29 is 9.90 Å². The van der Waals surface area contributed by atoms with Crippen LogP contribution in [0.3, 0.4) is 0 Å². The molecule has 0 radical (unpaired) electrons. The predicted octanol–water partition coefficient (Wildman–Crippen LogP) is 1.04. The largest absolute Gasteiger partial charge is 0.481 e. The first kappa shape index (κ1) is 16.0. The van der Waals surface area contributed by atoms with E-state index in [4.69, 9.17) is 0 Å². The second kappa shape index (κ2) is 6.11. The topological polar surface area (TPSA) is 87.4 Å². The minimum Gasteiger partial charge on any atom is -0.481 e. The van der Waals surface area contributed by atoms with Gasteiger partial charge in [0.2, 0.25) is 5.95 Å². The van der Waals surface area contributed by atoms with Crippen LogP contribution in [-0.4, -0.2) is 68.9 Å². The lowest BCUT2D eigenvalue weighted by Gasteiger charge is -2.51. The number of tetrazole rings is 1. The van der Waals surface area contributed by atoms with E-state index in [0.29, 0.717) is 25.5 Å². The quantitative estimate of drug-likeness (QED) is 0.891. The van der Waals surface area contributed by atoms with Crippen molar-refractivity contribution in [1.29, 1.82) is 0 Å². The molecule has 25 heavy (non-hydrogen) atoms. The van der Waals surface area contributed by atoms with Gasteiger partial charge in [-0.3, -0.25) is 4.79 Å². The van der Waals surface area contributed by atoms with E-state index in [2.05, 4.69) is 25.3 Å². The molecule has 1 aromatic heterocycles. The van der Waals surface area contributed by atoms with E-state index in [1.165, 1.54) is 0 Å². The van der Waals surface area contributed by atoms with Crippen LogP contribution < -0.4 is 4.90 Å². The third kappa shape index (κ3) is 2.57. The summed E-state index contributed by atoms with van der Waals surface area (Å²) in [6.07, 6.45) is 2.29. The summed E-state index contributed by atoms with van der Waals surface area (Å²) >= 11 is 0. The maximum Gasteiger partial charge on any atom is 0.311 e. The lowest BCUT2D eigenvalue weighted by molar-refractivity contribution is -0.158. The van der Waals surface area contributed by atoms with Gasteiger partial charge in [-0.15, -0.1) is 0 Å². The minimum absolute atomic E-state index is 0.0339. The van der Waals surface area contributed by atoms with Crippen molar-refractivity contribution in [3.8, 4) is 5.69 Å². The Kier molecular flexibility index (Phi) is 3.91. The van der Waals surface area contributed by atoms with Crippen molar-refractivity contribution in [1.82, 2.24) is 25.1 Å². The van der Waals surface area contributed by atoms with Crippen LogP contribution in [0, 0.1) is 5.41 Å². The number of carboxylic acid groups (broad SMARTS) is 1. The molecule has 3 heterocycles. The summed E-state index contributed by atoms with van der Waals surface area (Å²) < 4.78 is 1.72. The van der Waals surface area contributed by atoms with Crippen LogP contribution in [0.15, 0.2) is 30.3 Å². The van der Waals surface area contributed by atoms with Gasteiger partial charge in [0.15, 0.2) is 0 Å². The Morgan fingerprint density at radius 3 is 2.80 bits per heavy atom. The number of anilines is 1. The number of aromatic nitrogens is 4. The summed E-state index contributed by atoms with van der Waals surface area (Å²) in [5.41, 5.74) is 0.240. The molecular weight excluding hydrogens is 320 g/mol. The Bertz CT molecular complexity index is 764. The highest BCUT2D eigenvalue weighted by molar-refractivity contribution is 5.76. The molecule has 132 valence electrons. The van der Waals surface area contributed by atoms with Crippen LogP contribution in [0.2, 0.25) is 0 Å². The van der Waals surface area contributed by atoms with Gasteiger partial charge in [0, 0.05) is 19.1 Å². The zero-order valence-corrected chi connectivity index (χ0v) is 14.2. The van der Waals surface area contributed by atoms with Gasteiger partial charge in [-0.1, -0.05) is 23.3 Å². The average molecular weight is 342 g/mol. The van der Waals surface area contributed by atoms with E-state index in [-0.39, 0.29) is 6.04 Å². The highest BCUT2D eigenvalue weighted by Crippen LogP contribution is 2.42. The normalized spacial score (nSPS) is 27.1. The van der Waals surface area contributed by atoms with Crippen LogP contribution in [0.25, 0.3) is 5.69 Å². The second-order valence-corrected chi connectivity index (χ2v) is 6.98. The molecule has 0 amide bonds. The molecule has 1 aromatic carbocycles. The number of hydrogen-bond acceptors (Lipinski definition) is 6. The molecule has 2 aliphatic rings. The molecule has 0 bridgehead atoms. The Morgan fingerprint density at radius 2 is 2.04 bits per heavy atom. The molecule has 0 spiro atoms. The molecule has 0 aliphatic carbocycles. The molecule has 2 aliphatic heterocycles. The molecule has 2 fully saturated rings. The van der Waals surface area contributed by atoms with E-state index < -0.39 is 11.4 Å². The number of nitrogens with zero attached hydrogens (tertiary/aromatic N) is 6. The van der Waals surface area contributed by atoms with E-state index in [1.54, 1.807) is 4.68 Å². The lowest BCUT2D eigenvalue weighted by Crippen LogP contribution is -2.63. The summed E-state index contributed by atoms with van der Waals surface area (Å²) in [5, 5.41) is 22.1. The van der Waals surface area contributed by atoms with Crippen molar-refractivity contribution in [2.45, 2.75) is 25.3 Å². The highest BCUT2D eigenvalue weighted by Gasteiger charge is 2.52. The van der Waals surface area contributed by atoms with Crippen LogP contribution in [0.1, 0.15) is 19.3 Å². The number of benzene rings is 1. The number of piperidine rings is 2. The Morgan fingerprint density at radius 1 is 1.24 bits per heavy atom. The van der Waals surface area contributed by atoms with Gasteiger partial charge in [-0.05, 0) is 55.4 Å². The molecule has 2 atom stereocenters. The standard InChI is InChI=1S/C17H22N6O2/c1-21-10-5-8-17(15(24)25)9-11-22(12-14(17)21)16-18-19-20-23(16)13-6-3-2-4-7-13/h2-4,6-7,14H,5,8-12H2,1H3,(H,24,25)/t14-,17+/m1/s1. The van der Waals surface area contributed by atoms with E-state index in [0.717, 1.165) is 25.1 Å². The molecular formula is C17H22N6O2. The second-order valence-electron chi connectivity index (χ2n) is 6.98. The lowest BCUT2D eigenvalue weighted by atomic mass is 9.68. The highest BCUT2D eigenvalue weighted by atomic mass is 16.4. The minimum atomic E-state index is -0.675. The van der Waals surface area contributed by atoms with E-state index in [1.807, 2.05) is 37.4 Å². The summed E-state index contributed by atoms with van der Waals surface area (Å²) in [5.74, 6) is -0.00415. The van der Waals surface area contributed by atoms with Crippen molar-refractivity contribution >= 4 is 11.9 Å². The van der Waals surface area contributed by atoms with E-state index in [9.17, 15) is 9.90 Å². The molecule has 2 saturated heterocycles. The third-order valence-corrected chi connectivity index (χ3v) is 5.69. The summed E-state index contributed by atoms with van der Waals surface area (Å²) in [7, 11) is 2.02. The Labute approximate surface area is 146 Å². The van der Waals surface area contributed by atoms with Gasteiger partial charge < -0.3 is 14.9 Å². The average Bonchev–Trinajstić information content (AvgIpc) is 3.12. The SMILES string of the molecule is CN1CCC[C@]2(C(=O)O)CCN(c3nnnn3-c3ccccc3)C[C@@H]12. The van der Waals surface area contributed by atoms with Gasteiger partial charge in [0.1, 0.15) is 0 Å². The summed E-state index contributed by atoms with van der Waals surface area (Å²) in [6.45, 7) is 2.19. The van der Waals surface area contributed by atoms with Crippen molar-refractivity contribution in [3.05, 3.63) is 30.3 Å². The van der Waals surface area contributed by atoms with Crippen molar-refractivity contribution in [2.75, 3.05) is 31.6 Å². The maximum absolute atomic E-state index is 12.0. The Balaban J connectivity index is 1.65. The third-order valence-electron chi connectivity index (χ3n) is 5.69. The van der Waals surface area contributed by atoms with Crippen LogP contribution in [-0.2, 0) is 4.79 Å². The number of carbonyl (C=O) groups is 1. The summed E-state index contributed by atoms with van der Waals surface area (Å²) in [6, 6.07) is 9.72. The number of likely N-dealkylation sites (tertiary alicyclic amines) is 1. The fourth-order valence-electron chi connectivity index (χ4n) is 4.28. The predicted molar refractivity (Wildman–Crippen MR) is 91.7 cm³/mol. The maximum atomic E-state index is 12.0. The smallest absolute Gasteiger partial charge is 0.311 e. The molecule has 4 rings (SSSR count).